The van der Waals surface area contributed by atoms with Gasteiger partial charge in [-0.3, -0.25) is 9.59 Å². The molecule has 3 N–H and O–H groups in total. The summed E-state index contributed by atoms with van der Waals surface area (Å²) >= 11 is 0. The quantitative estimate of drug-likeness (QED) is 0.674. The number of hydrogen-bond donors (Lipinski definition) is 3. The molecule has 23 heavy (non-hydrogen) atoms. The van der Waals surface area contributed by atoms with E-state index in [1.165, 1.54) is 12.3 Å². The molecule has 0 saturated heterocycles. The SMILES string of the molecule is CC(C)CC(NC(=O)[C@H](NC(=O)c1ccco1)C(C)C)C(=O)O. The molecule has 0 aliphatic rings. The van der Waals surface area contributed by atoms with Crippen LogP contribution in [0.5, 0.6) is 0 Å². The van der Waals surface area contributed by atoms with Gasteiger partial charge in [0.05, 0.1) is 6.26 Å². The van der Waals surface area contributed by atoms with Crippen molar-refractivity contribution in [3.05, 3.63) is 24.2 Å². The van der Waals surface area contributed by atoms with Crippen molar-refractivity contribution >= 4 is 17.8 Å². The second-order valence-corrected chi connectivity index (χ2v) is 6.20. The fourth-order valence-electron chi connectivity index (χ4n) is 2.11. The molecule has 0 spiro atoms. The number of furan rings is 1. The van der Waals surface area contributed by atoms with Crippen molar-refractivity contribution in [3.8, 4) is 0 Å². The predicted molar refractivity (Wildman–Crippen MR) is 83.8 cm³/mol. The summed E-state index contributed by atoms with van der Waals surface area (Å²) in [5, 5.41) is 14.3. The number of hydrogen-bond acceptors (Lipinski definition) is 4. The van der Waals surface area contributed by atoms with Crippen LogP contribution >= 0.6 is 0 Å². The molecule has 1 aromatic rings. The first-order chi connectivity index (χ1) is 10.7. The average molecular weight is 324 g/mol. The third-order valence-electron chi connectivity index (χ3n) is 3.30. The van der Waals surface area contributed by atoms with Crippen molar-refractivity contribution in [1.29, 1.82) is 0 Å². The third-order valence-corrected chi connectivity index (χ3v) is 3.30. The van der Waals surface area contributed by atoms with Gasteiger partial charge in [0.1, 0.15) is 12.1 Å². The van der Waals surface area contributed by atoms with Gasteiger partial charge in [0, 0.05) is 0 Å². The lowest BCUT2D eigenvalue weighted by Crippen LogP contribution is -2.53. The zero-order chi connectivity index (χ0) is 17.6. The van der Waals surface area contributed by atoms with Crippen molar-refractivity contribution in [2.75, 3.05) is 0 Å². The minimum atomic E-state index is -1.09. The van der Waals surface area contributed by atoms with Gasteiger partial charge in [-0.1, -0.05) is 27.7 Å². The molecule has 1 aromatic heterocycles. The van der Waals surface area contributed by atoms with Crippen LogP contribution in [0.2, 0.25) is 0 Å². The Kier molecular flexibility index (Phi) is 6.81. The average Bonchev–Trinajstić information content (AvgIpc) is 2.96. The molecular formula is C16H24N2O5. The minimum absolute atomic E-state index is 0.0976. The van der Waals surface area contributed by atoms with Crippen LogP contribution in [-0.2, 0) is 9.59 Å². The summed E-state index contributed by atoms with van der Waals surface area (Å²) < 4.78 is 4.99. The van der Waals surface area contributed by atoms with E-state index in [9.17, 15) is 19.5 Å². The summed E-state index contributed by atoms with van der Waals surface area (Å²) in [5.41, 5.74) is 0. The zero-order valence-electron chi connectivity index (χ0n) is 13.8. The summed E-state index contributed by atoms with van der Waals surface area (Å²) in [6.07, 6.45) is 1.68. The molecule has 0 fully saturated rings. The van der Waals surface area contributed by atoms with Crippen molar-refractivity contribution < 1.29 is 23.9 Å². The highest BCUT2D eigenvalue weighted by molar-refractivity contribution is 5.96. The molecule has 0 aliphatic carbocycles. The molecule has 0 saturated carbocycles. The largest absolute Gasteiger partial charge is 0.480 e. The van der Waals surface area contributed by atoms with Crippen molar-refractivity contribution in [3.63, 3.8) is 0 Å². The van der Waals surface area contributed by atoms with Crippen LogP contribution in [-0.4, -0.2) is 35.0 Å². The fourth-order valence-corrected chi connectivity index (χ4v) is 2.11. The Balaban J connectivity index is 2.77. The maximum atomic E-state index is 12.4. The second kappa shape index (κ2) is 8.36. The summed E-state index contributed by atoms with van der Waals surface area (Å²) in [6.45, 7) is 7.29. The minimum Gasteiger partial charge on any atom is -0.480 e. The fraction of sp³-hybridized carbons (Fsp3) is 0.562. The Hall–Kier alpha value is -2.31. The van der Waals surface area contributed by atoms with E-state index in [1.54, 1.807) is 19.9 Å². The number of aliphatic carboxylic acids is 1. The Labute approximate surface area is 135 Å². The van der Waals surface area contributed by atoms with Crippen molar-refractivity contribution in [2.45, 2.75) is 46.2 Å². The third kappa shape index (κ3) is 5.77. The van der Waals surface area contributed by atoms with E-state index in [1.807, 2.05) is 13.8 Å². The number of nitrogens with one attached hydrogen (secondary N) is 2. The smallest absolute Gasteiger partial charge is 0.326 e. The van der Waals surface area contributed by atoms with Crippen LogP contribution in [0.4, 0.5) is 0 Å². The van der Waals surface area contributed by atoms with Crippen molar-refractivity contribution in [2.24, 2.45) is 11.8 Å². The number of carboxylic acid groups (broad SMARTS) is 1. The van der Waals surface area contributed by atoms with Gasteiger partial charge in [-0.25, -0.2) is 4.79 Å². The number of carbonyl (C=O) groups excluding carboxylic acids is 2. The summed E-state index contributed by atoms with van der Waals surface area (Å²) in [6, 6.07) is 1.23. The zero-order valence-corrected chi connectivity index (χ0v) is 13.8. The molecule has 7 heteroatoms. The van der Waals surface area contributed by atoms with Gasteiger partial charge in [0.15, 0.2) is 5.76 Å². The van der Waals surface area contributed by atoms with Crippen LogP contribution in [0.15, 0.2) is 22.8 Å². The van der Waals surface area contributed by atoms with E-state index in [-0.39, 0.29) is 17.6 Å². The molecule has 0 radical (unpaired) electrons. The normalized spacial score (nSPS) is 13.7. The monoisotopic (exact) mass is 324 g/mol. The highest BCUT2D eigenvalue weighted by Crippen LogP contribution is 2.09. The molecule has 1 heterocycles. The van der Waals surface area contributed by atoms with E-state index in [2.05, 4.69) is 10.6 Å². The molecule has 0 aromatic carbocycles. The van der Waals surface area contributed by atoms with E-state index in [4.69, 9.17) is 4.42 Å². The van der Waals surface area contributed by atoms with Crippen LogP contribution in [0, 0.1) is 11.8 Å². The van der Waals surface area contributed by atoms with Crippen LogP contribution < -0.4 is 10.6 Å². The topological polar surface area (TPSA) is 109 Å². The first-order valence-corrected chi connectivity index (χ1v) is 7.60. The first-order valence-electron chi connectivity index (χ1n) is 7.60. The van der Waals surface area contributed by atoms with Gasteiger partial charge in [-0.2, -0.15) is 0 Å². The van der Waals surface area contributed by atoms with E-state index in [0.29, 0.717) is 6.42 Å². The van der Waals surface area contributed by atoms with Crippen molar-refractivity contribution in [1.82, 2.24) is 10.6 Å². The van der Waals surface area contributed by atoms with Gasteiger partial charge in [0.2, 0.25) is 5.91 Å². The van der Waals surface area contributed by atoms with Gasteiger partial charge in [-0.05, 0) is 30.4 Å². The molecule has 2 atom stereocenters. The van der Waals surface area contributed by atoms with Crippen LogP contribution in [0.3, 0.4) is 0 Å². The number of rotatable bonds is 8. The summed E-state index contributed by atoms with van der Waals surface area (Å²) in [4.78, 5) is 35.6. The second-order valence-electron chi connectivity index (χ2n) is 6.20. The maximum Gasteiger partial charge on any atom is 0.326 e. The predicted octanol–water partition coefficient (Wildman–Crippen LogP) is 1.65. The van der Waals surface area contributed by atoms with Gasteiger partial charge < -0.3 is 20.2 Å². The number of carbonyl (C=O) groups is 3. The molecule has 128 valence electrons. The van der Waals surface area contributed by atoms with E-state index in [0.717, 1.165) is 0 Å². The van der Waals surface area contributed by atoms with Crippen LogP contribution in [0.1, 0.15) is 44.7 Å². The van der Waals surface area contributed by atoms with E-state index < -0.39 is 29.9 Å². The molecule has 7 nitrogen and oxygen atoms in total. The molecule has 1 unspecified atom stereocenters. The molecular weight excluding hydrogens is 300 g/mol. The summed E-state index contributed by atoms with van der Waals surface area (Å²) in [5.74, 6) is -2.12. The standard InChI is InChI=1S/C16H24N2O5/c1-9(2)8-11(16(21)22)17-15(20)13(10(3)4)18-14(19)12-6-5-7-23-12/h5-7,9-11,13H,8H2,1-4H3,(H,17,20)(H,18,19)(H,21,22)/t11?,13-/m1/s1. The molecule has 2 amide bonds. The Morgan fingerprint density at radius 3 is 2.26 bits per heavy atom. The van der Waals surface area contributed by atoms with Gasteiger partial charge in [-0.15, -0.1) is 0 Å². The Morgan fingerprint density at radius 1 is 1.17 bits per heavy atom. The van der Waals surface area contributed by atoms with Gasteiger partial charge >= 0.3 is 5.97 Å². The van der Waals surface area contributed by atoms with Crippen LogP contribution in [0.25, 0.3) is 0 Å². The lowest BCUT2D eigenvalue weighted by molar-refractivity contribution is -0.142. The summed E-state index contributed by atoms with van der Waals surface area (Å²) in [7, 11) is 0. The Bertz CT molecular complexity index is 537. The maximum absolute atomic E-state index is 12.4. The van der Waals surface area contributed by atoms with Gasteiger partial charge in [0.25, 0.3) is 5.91 Å². The molecule has 1 rings (SSSR count). The number of carboxylic acids is 1. The highest BCUT2D eigenvalue weighted by atomic mass is 16.4. The Morgan fingerprint density at radius 2 is 1.83 bits per heavy atom. The number of amides is 2. The molecule has 0 aliphatic heterocycles. The lowest BCUT2D eigenvalue weighted by atomic mass is 10.0. The highest BCUT2D eigenvalue weighted by Gasteiger charge is 2.29. The molecule has 0 bridgehead atoms. The lowest BCUT2D eigenvalue weighted by Gasteiger charge is -2.24. The first kappa shape index (κ1) is 18.7. The van der Waals surface area contributed by atoms with E-state index >= 15 is 0 Å².